The first-order chi connectivity index (χ1) is 7.24. The fourth-order valence-electron chi connectivity index (χ4n) is 1.45. The van der Waals surface area contributed by atoms with Crippen molar-refractivity contribution in [3.05, 3.63) is 18.2 Å². The molecule has 1 heterocycles. The molecule has 0 saturated carbocycles. The van der Waals surface area contributed by atoms with Crippen LogP contribution in [-0.4, -0.2) is 31.9 Å². The van der Waals surface area contributed by atoms with E-state index >= 15 is 0 Å². The van der Waals surface area contributed by atoms with Crippen LogP contribution < -0.4 is 16.1 Å². The SMILES string of the molecule is [B]c1ccc2c(NC)nc(NC)nc2c1. The third-order valence-corrected chi connectivity index (χ3v) is 2.18. The normalized spacial score (nSPS) is 10.3. The number of hydrogen-bond acceptors (Lipinski definition) is 4. The third-order valence-electron chi connectivity index (χ3n) is 2.18. The summed E-state index contributed by atoms with van der Waals surface area (Å²) in [6, 6.07) is 5.58. The predicted molar refractivity (Wildman–Crippen MR) is 64.0 cm³/mol. The molecule has 0 bridgehead atoms. The molecule has 2 aromatic rings. The first-order valence-corrected chi connectivity index (χ1v) is 4.67. The minimum atomic E-state index is 0.581. The molecule has 0 atom stereocenters. The minimum absolute atomic E-state index is 0.581. The maximum Gasteiger partial charge on any atom is 0.224 e. The standard InChI is InChI=1S/C10H11BN4/c1-12-9-7-4-3-6(11)5-8(7)14-10(13-2)15-9/h3-5H,1-2H3,(H2,12,13,14,15). The van der Waals surface area contributed by atoms with Crippen LogP contribution in [0, 0.1) is 0 Å². The van der Waals surface area contributed by atoms with E-state index in [0.717, 1.165) is 16.7 Å². The lowest BCUT2D eigenvalue weighted by atomic mass is 9.95. The smallest absolute Gasteiger partial charge is 0.224 e. The van der Waals surface area contributed by atoms with Gasteiger partial charge in [0.15, 0.2) is 0 Å². The van der Waals surface area contributed by atoms with Gasteiger partial charge in [0.1, 0.15) is 13.7 Å². The van der Waals surface area contributed by atoms with Gasteiger partial charge in [-0.3, -0.25) is 0 Å². The van der Waals surface area contributed by atoms with Crippen molar-refractivity contribution in [2.75, 3.05) is 24.7 Å². The van der Waals surface area contributed by atoms with Crippen molar-refractivity contribution in [2.45, 2.75) is 0 Å². The van der Waals surface area contributed by atoms with Crippen molar-refractivity contribution in [3.8, 4) is 0 Å². The molecule has 0 unspecified atom stereocenters. The van der Waals surface area contributed by atoms with E-state index in [1.54, 1.807) is 7.05 Å². The molecule has 1 aromatic heterocycles. The number of anilines is 2. The van der Waals surface area contributed by atoms with Gasteiger partial charge in [-0.05, 0) is 12.1 Å². The van der Waals surface area contributed by atoms with E-state index in [2.05, 4.69) is 20.6 Å². The van der Waals surface area contributed by atoms with Crippen LogP contribution >= 0.6 is 0 Å². The zero-order valence-corrected chi connectivity index (χ0v) is 8.70. The summed E-state index contributed by atoms with van der Waals surface area (Å²) in [7, 11) is 9.32. The Labute approximate surface area is 89.5 Å². The Morgan fingerprint density at radius 1 is 1.13 bits per heavy atom. The summed E-state index contributed by atoms with van der Waals surface area (Å²) in [5, 5.41) is 6.91. The van der Waals surface area contributed by atoms with Crippen molar-refractivity contribution < 1.29 is 0 Å². The summed E-state index contributed by atoms with van der Waals surface area (Å²) >= 11 is 0. The Balaban J connectivity index is 2.74. The average molecular weight is 198 g/mol. The van der Waals surface area contributed by atoms with Gasteiger partial charge in [0.05, 0.1) is 5.52 Å². The van der Waals surface area contributed by atoms with Gasteiger partial charge in [0.2, 0.25) is 5.95 Å². The third kappa shape index (κ3) is 1.72. The molecular formula is C10H11BN4. The molecule has 2 rings (SSSR count). The van der Waals surface area contributed by atoms with Crippen LogP contribution in [0.2, 0.25) is 0 Å². The zero-order chi connectivity index (χ0) is 10.8. The number of fused-ring (bicyclic) bond motifs is 1. The number of nitrogens with one attached hydrogen (secondary N) is 2. The maximum atomic E-state index is 5.71. The van der Waals surface area contributed by atoms with Crippen LogP contribution in [0.4, 0.5) is 11.8 Å². The topological polar surface area (TPSA) is 49.8 Å². The molecule has 1 aromatic carbocycles. The second-order valence-corrected chi connectivity index (χ2v) is 3.17. The number of nitrogens with zero attached hydrogens (tertiary/aromatic N) is 2. The van der Waals surface area contributed by atoms with Crippen molar-refractivity contribution in [1.82, 2.24) is 9.97 Å². The second-order valence-electron chi connectivity index (χ2n) is 3.17. The van der Waals surface area contributed by atoms with Gasteiger partial charge in [-0.25, -0.2) is 4.98 Å². The maximum absolute atomic E-state index is 5.71. The second kappa shape index (κ2) is 3.77. The molecule has 0 amide bonds. The van der Waals surface area contributed by atoms with E-state index in [0.29, 0.717) is 11.4 Å². The van der Waals surface area contributed by atoms with Crippen LogP contribution in [0.15, 0.2) is 18.2 Å². The molecule has 0 aliphatic carbocycles. The van der Waals surface area contributed by atoms with Crippen LogP contribution in [0.25, 0.3) is 10.9 Å². The van der Waals surface area contributed by atoms with E-state index in [-0.39, 0.29) is 0 Å². The van der Waals surface area contributed by atoms with Crippen LogP contribution in [0.5, 0.6) is 0 Å². The highest BCUT2D eigenvalue weighted by atomic mass is 15.1. The van der Waals surface area contributed by atoms with E-state index < -0.39 is 0 Å². The van der Waals surface area contributed by atoms with Crippen LogP contribution in [0.3, 0.4) is 0 Å². The molecule has 4 nitrogen and oxygen atoms in total. The van der Waals surface area contributed by atoms with E-state index in [9.17, 15) is 0 Å². The van der Waals surface area contributed by atoms with Crippen LogP contribution in [0.1, 0.15) is 0 Å². The van der Waals surface area contributed by atoms with Gasteiger partial charge in [-0.15, -0.1) is 0 Å². The Hall–Kier alpha value is -1.78. The van der Waals surface area contributed by atoms with E-state index in [1.807, 2.05) is 25.2 Å². The Morgan fingerprint density at radius 2 is 1.93 bits per heavy atom. The highest BCUT2D eigenvalue weighted by Crippen LogP contribution is 2.19. The van der Waals surface area contributed by atoms with Gasteiger partial charge in [0.25, 0.3) is 0 Å². The molecule has 0 fully saturated rings. The van der Waals surface area contributed by atoms with Crippen molar-refractivity contribution in [2.24, 2.45) is 0 Å². The molecule has 5 heteroatoms. The van der Waals surface area contributed by atoms with Crippen LogP contribution in [-0.2, 0) is 0 Å². The monoisotopic (exact) mass is 198 g/mol. The molecule has 74 valence electrons. The number of hydrogen-bond donors (Lipinski definition) is 2. The largest absolute Gasteiger partial charge is 0.372 e. The van der Waals surface area contributed by atoms with Crippen molar-refractivity contribution >= 4 is 36.0 Å². The van der Waals surface area contributed by atoms with Gasteiger partial charge < -0.3 is 10.6 Å². The lowest BCUT2D eigenvalue weighted by Gasteiger charge is -2.07. The highest BCUT2D eigenvalue weighted by molar-refractivity contribution is 6.33. The molecule has 15 heavy (non-hydrogen) atoms. The number of benzene rings is 1. The molecule has 0 aliphatic rings. The summed E-state index contributed by atoms with van der Waals surface area (Å²) in [4.78, 5) is 8.61. The van der Waals surface area contributed by atoms with E-state index in [4.69, 9.17) is 7.85 Å². The summed E-state index contributed by atoms with van der Waals surface area (Å²) in [6.45, 7) is 0. The molecule has 0 spiro atoms. The first-order valence-electron chi connectivity index (χ1n) is 4.67. The van der Waals surface area contributed by atoms with E-state index in [1.165, 1.54) is 0 Å². The van der Waals surface area contributed by atoms with Crippen molar-refractivity contribution in [3.63, 3.8) is 0 Å². The Morgan fingerprint density at radius 3 is 2.60 bits per heavy atom. The van der Waals surface area contributed by atoms with Gasteiger partial charge in [-0.1, -0.05) is 11.5 Å². The molecule has 2 radical (unpaired) electrons. The summed E-state index contributed by atoms with van der Waals surface area (Å²) in [6.07, 6.45) is 0. The zero-order valence-electron chi connectivity index (χ0n) is 8.70. The number of aromatic nitrogens is 2. The Bertz CT molecular complexity index is 498. The van der Waals surface area contributed by atoms with Gasteiger partial charge >= 0.3 is 0 Å². The summed E-state index contributed by atoms with van der Waals surface area (Å²) in [5.41, 5.74) is 1.53. The van der Waals surface area contributed by atoms with Crippen molar-refractivity contribution in [1.29, 1.82) is 0 Å². The first kappa shape index (κ1) is 9.77. The van der Waals surface area contributed by atoms with Gasteiger partial charge in [-0.2, -0.15) is 4.98 Å². The summed E-state index contributed by atoms with van der Waals surface area (Å²) in [5.74, 6) is 1.38. The molecular weight excluding hydrogens is 187 g/mol. The molecule has 0 aliphatic heterocycles. The highest BCUT2D eigenvalue weighted by Gasteiger charge is 2.04. The quantitative estimate of drug-likeness (QED) is 0.690. The average Bonchev–Trinajstić information content (AvgIpc) is 2.26. The lowest BCUT2D eigenvalue weighted by molar-refractivity contribution is 1.19. The lowest BCUT2D eigenvalue weighted by Crippen LogP contribution is -2.05. The fraction of sp³-hybridized carbons (Fsp3) is 0.200. The predicted octanol–water partition coefficient (Wildman–Crippen LogP) is 0.507. The molecule has 0 saturated heterocycles. The molecule has 2 N–H and O–H groups in total. The Kier molecular flexibility index (Phi) is 2.45. The fourth-order valence-corrected chi connectivity index (χ4v) is 1.45. The van der Waals surface area contributed by atoms with Gasteiger partial charge in [0, 0.05) is 19.5 Å². The minimum Gasteiger partial charge on any atom is -0.372 e. The number of rotatable bonds is 2. The summed E-state index contributed by atoms with van der Waals surface area (Å²) < 4.78 is 0.